The second-order valence-corrected chi connectivity index (χ2v) is 5.86. The number of rotatable bonds is 3. The van der Waals surface area contributed by atoms with Crippen LogP contribution >= 0.6 is 11.8 Å². The zero-order valence-corrected chi connectivity index (χ0v) is 12.0. The summed E-state index contributed by atoms with van der Waals surface area (Å²) in [6.07, 6.45) is 3.65. The molecule has 0 saturated heterocycles. The topological polar surface area (TPSA) is 63.6 Å². The number of thioether (sulfide) groups is 1. The van der Waals surface area contributed by atoms with Crippen LogP contribution in [-0.4, -0.2) is 19.5 Å². The average Bonchev–Trinajstić information content (AvgIpc) is 2.84. The minimum Gasteiger partial charge on any atom is -0.329 e. The third kappa shape index (κ3) is 2.34. The highest BCUT2D eigenvalue weighted by Crippen LogP contribution is 2.31. The van der Waals surface area contributed by atoms with Crippen molar-refractivity contribution in [3.8, 4) is 0 Å². The van der Waals surface area contributed by atoms with Gasteiger partial charge in [-0.15, -0.1) is 0 Å². The zero-order valence-electron chi connectivity index (χ0n) is 11.2. The van der Waals surface area contributed by atoms with Crippen molar-refractivity contribution in [1.82, 2.24) is 19.5 Å². The molecule has 1 unspecified atom stereocenters. The van der Waals surface area contributed by atoms with E-state index < -0.39 is 0 Å². The van der Waals surface area contributed by atoms with Crippen molar-refractivity contribution in [2.24, 2.45) is 7.05 Å². The van der Waals surface area contributed by atoms with Crippen LogP contribution in [0.1, 0.15) is 18.0 Å². The van der Waals surface area contributed by atoms with Crippen molar-refractivity contribution in [1.29, 1.82) is 0 Å². The van der Waals surface area contributed by atoms with Gasteiger partial charge in [-0.2, -0.15) is 0 Å². The first-order valence-electron chi connectivity index (χ1n) is 6.28. The van der Waals surface area contributed by atoms with Crippen LogP contribution in [0.5, 0.6) is 0 Å². The molecule has 0 aliphatic rings. The molecule has 20 heavy (non-hydrogen) atoms. The molecule has 102 valence electrons. The van der Waals surface area contributed by atoms with Gasteiger partial charge in [0.1, 0.15) is 5.82 Å². The van der Waals surface area contributed by atoms with E-state index in [0.29, 0.717) is 11.2 Å². The monoisotopic (exact) mass is 286 g/mol. The van der Waals surface area contributed by atoms with E-state index in [2.05, 4.69) is 15.0 Å². The van der Waals surface area contributed by atoms with Gasteiger partial charge in [0.05, 0.1) is 16.2 Å². The van der Waals surface area contributed by atoms with Gasteiger partial charge in [0.25, 0.3) is 5.56 Å². The minimum absolute atomic E-state index is 0.0217. The predicted octanol–water partition coefficient (Wildman–Crippen LogP) is 2.51. The van der Waals surface area contributed by atoms with E-state index in [1.54, 1.807) is 24.0 Å². The summed E-state index contributed by atoms with van der Waals surface area (Å²) in [6.45, 7) is 2.01. The van der Waals surface area contributed by atoms with E-state index >= 15 is 0 Å². The molecule has 0 amide bonds. The lowest BCUT2D eigenvalue weighted by Crippen LogP contribution is -2.13. The maximum atomic E-state index is 12.0. The number of nitrogens with one attached hydrogen (secondary N) is 1. The van der Waals surface area contributed by atoms with E-state index in [1.807, 2.05) is 42.9 Å². The van der Waals surface area contributed by atoms with Crippen LogP contribution in [-0.2, 0) is 7.05 Å². The van der Waals surface area contributed by atoms with E-state index in [-0.39, 0.29) is 10.8 Å². The van der Waals surface area contributed by atoms with Gasteiger partial charge in [0, 0.05) is 19.4 Å². The number of aryl methyl sites for hydroxylation is 1. The second-order valence-electron chi connectivity index (χ2n) is 4.55. The first kappa shape index (κ1) is 12.9. The summed E-state index contributed by atoms with van der Waals surface area (Å²) in [5.41, 5.74) is 0.622. The summed E-state index contributed by atoms with van der Waals surface area (Å²) < 4.78 is 1.94. The maximum Gasteiger partial charge on any atom is 0.258 e. The third-order valence-electron chi connectivity index (χ3n) is 3.08. The Hall–Kier alpha value is -2.08. The van der Waals surface area contributed by atoms with Gasteiger partial charge in [-0.1, -0.05) is 23.9 Å². The Bertz CT molecular complexity index is 808. The van der Waals surface area contributed by atoms with Crippen molar-refractivity contribution >= 4 is 22.7 Å². The molecule has 3 rings (SSSR count). The highest BCUT2D eigenvalue weighted by Gasteiger charge is 2.14. The largest absolute Gasteiger partial charge is 0.329 e. The Morgan fingerprint density at radius 3 is 2.90 bits per heavy atom. The summed E-state index contributed by atoms with van der Waals surface area (Å²) in [4.78, 5) is 23.7. The fourth-order valence-corrected chi connectivity index (χ4v) is 2.86. The molecule has 0 aliphatic carbocycles. The fraction of sp³-hybridized carbons (Fsp3) is 0.214. The molecule has 3 aromatic rings. The molecule has 0 radical (unpaired) electrons. The van der Waals surface area contributed by atoms with Gasteiger partial charge in [0.2, 0.25) is 0 Å². The number of hydrogen-bond donors (Lipinski definition) is 1. The van der Waals surface area contributed by atoms with Crippen molar-refractivity contribution < 1.29 is 0 Å². The first-order chi connectivity index (χ1) is 9.65. The van der Waals surface area contributed by atoms with E-state index in [4.69, 9.17) is 0 Å². The summed E-state index contributed by atoms with van der Waals surface area (Å²) in [5.74, 6) is 0.668. The Kier molecular flexibility index (Phi) is 3.31. The van der Waals surface area contributed by atoms with Crippen LogP contribution in [0, 0.1) is 0 Å². The summed E-state index contributed by atoms with van der Waals surface area (Å²) in [7, 11) is 1.94. The number of para-hydroxylation sites is 1. The molecule has 6 heteroatoms. The predicted molar refractivity (Wildman–Crippen MR) is 79.8 cm³/mol. The number of aromatic nitrogens is 4. The van der Waals surface area contributed by atoms with Gasteiger partial charge in [-0.3, -0.25) is 4.79 Å². The molecule has 1 aromatic carbocycles. The van der Waals surface area contributed by atoms with Crippen molar-refractivity contribution in [3.63, 3.8) is 0 Å². The number of nitrogens with zero attached hydrogens (tertiary/aromatic N) is 3. The first-order valence-corrected chi connectivity index (χ1v) is 7.16. The minimum atomic E-state index is -0.0992. The van der Waals surface area contributed by atoms with Crippen LogP contribution in [0.2, 0.25) is 0 Å². The van der Waals surface area contributed by atoms with E-state index in [9.17, 15) is 4.79 Å². The molecule has 0 saturated carbocycles. The standard InChI is InChI=1S/C14H14N4OS/c1-9(20-14-15-7-8-18(14)2)12-16-11-6-4-3-5-10(11)13(19)17-12/h3-9H,1-2H3,(H,16,17,19). The van der Waals surface area contributed by atoms with Crippen molar-refractivity contribution in [2.75, 3.05) is 0 Å². The van der Waals surface area contributed by atoms with Gasteiger partial charge < -0.3 is 9.55 Å². The molecular weight excluding hydrogens is 272 g/mol. The molecule has 5 nitrogen and oxygen atoms in total. The number of aromatic amines is 1. The Morgan fingerprint density at radius 2 is 2.15 bits per heavy atom. The third-order valence-corrected chi connectivity index (χ3v) is 4.26. The molecule has 2 aromatic heterocycles. The van der Waals surface area contributed by atoms with Crippen molar-refractivity contribution in [3.05, 3.63) is 52.8 Å². The lowest BCUT2D eigenvalue weighted by Gasteiger charge is -2.10. The molecule has 1 atom stereocenters. The van der Waals surface area contributed by atoms with Gasteiger partial charge >= 0.3 is 0 Å². The zero-order chi connectivity index (χ0) is 14.1. The molecule has 2 heterocycles. The lowest BCUT2D eigenvalue weighted by molar-refractivity contribution is 0.783. The molecule has 0 fully saturated rings. The Morgan fingerprint density at radius 1 is 1.35 bits per heavy atom. The Balaban J connectivity index is 1.98. The van der Waals surface area contributed by atoms with Crippen LogP contribution in [0.15, 0.2) is 46.6 Å². The lowest BCUT2D eigenvalue weighted by atomic mass is 10.2. The second kappa shape index (κ2) is 5.13. The smallest absolute Gasteiger partial charge is 0.258 e. The number of imidazole rings is 1. The molecule has 0 bridgehead atoms. The average molecular weight is 286 g/mol. The molecule has 0 spiro atoms. The van der Waals surface area contributed by atoms with Crippen LogP contribution in [0.3, 0.4) is 0 Å². The quantitative estimate of drug-likeness (QED) is 0.751. The number of fused-ring (bicyclic) bond motifs is 1. The van der Waals surface area contributed by atoms with E-state index in [0.717, 1.165) is 10.7 Å². The Labute approximate surface area is 120 Å². The van der Waals surface area contributed by atoms with Crippen molar-refractivity contribution in [2.45, 2.75) is 17.3 Å². The molecular formula is C14H14N4OS. The summed E-state index contributed by atoms with van der Waals surface area (Å²) in [5, 5.41) is 1.53. The van der Waals surface area contributed by atoms with Gasteiger partial charge in [-0.25, -0.2) is 9.97 Å². The summed E-state index contributed by atoms with van der Waals surface area (Å²) >= 11 is 1.57. The highest BCUT2D eigenvalue weighted by atomic mass is 32.2. The van der Waals surface area contributed by atoms with Crippen LogP contribution in [0.4, 0.5) is 0 Å². The highest BCUT2D eigenvalue weighted by molar-refractivity contribution is 7.99. The number of hydrogen-bond acceptors (Lipinski definition) is 4. The molecule has 0 aliphatic heterocycles. The van der Waals surface area contributed by atoms with Crippen LogP contribution in [0.25, 0.3) is 10.9 Å². The maximum absolute atomic E-state index is 12.0. The SMILES string of the molecule is CC(Sc1nccn1C)c1nc2ccccc2c(=O)[nH]1. The fourth-order valence-electron chi connectivity index (χ4n) is 1.98. The summed E-state index contributed by atoms with van der Waals surface area (Å²) in [6, 6.07) is 7.36. The van der Waals surface area contributed by atoms with Crippen LogP contribution < -0.4 is 5.56 Å². The normalized spacial score (nSPS) is 12.7. The van der Waals surface area contributed by atoms with Gasteiger partial charge in [-0.05, 0) is 19.1 Å². The van der Waals surface area contributed by atoms with Gasteiger partial charge in [0.15, 0.2) is 5.16 Å². The number of benzene rings is 1. The number of H-pyrrole nitrogens is 1. The molecule has 1 N–H and O–H groups in total. The van der Waals surface area contributed by atoms with E-state index in [1.165, 1.54) is 0 Å².